The number of carboxylic acids is 1. The summed E-state index contributed by atoms with van der Waals surface area (Å²) in [7, 11) is 0. The van der Waals surface area contributed by atoms with E-state index in [1.165, 1.54) is 0 Å². The summed E-state index contributed by atoms with van der Waals surface area (Å²) in [6.07, 6.45) is 0.505. The minimum Gasteiger partial charge on any atom is -0.480 e. The summed E-state index contributed by atoms with van der Waals surface area (Å²) in [5.74, 6) is -0.810. The van der Waals surface area contributed by atoms with Gasteiger partial charge in [0.1, 0.15) is 6.04 Å². The first-order chi connectivity index (χ1) is 6.66. The smallest absolute Gasteiger partial charge is 0.321 e. The van der Waals surface area contributed by atoms with E-state index in [1.807, 2.05) is 18.2 Å². The molecule has 1 heterocycles. The molecular formula is C10H10ClNO2. The lowest BCUT2D eigenvalue weighted by Crippen LogP contribution is -2.41. The summed E-state index contributed by atoms with van der Waals surface area (Å²) in [6, 6.07) is 5.11. The molecule has 0 saturated heterocycles. The predicted octanol–water partition coefficient (Wildman–Crippen LogP) is 1.44. The van der Waals surface area contributed by atoms with Crippen LogP contribution in [-0.2, 0) is 17.8 Å². The topological polar surface area (TPSA) is 49.3 Å². The normalized spacial score (nSPS) is 20.2. The molecular weight excluding hydrogens is 202 g/mol. The van der Waals surface area contributed by atoms with Gasteiger partial charge in [-0.05, 0) is 29.7 Å². The SMILES string of the molecule is O=C(O)[C@@H]1Cc2cc(Cl)ccc2CN1. The van der Waals surface area contributed by atoms with Gasteiger partial charge >= 0.3 is 5.97 Å². The highest BCUT2D eigenvalue weighted by atomic mass is 35.5. The summed E-state index contributed by atoms with van der Waals surface area (Å²) in [6.45, 7) is 0.601. The molecule has 3 nitrogen and oxygen atoms in total. The standard InChI is InChI=1S/C10H10ClNO2/c11-8-2-1-6-5-12-9(10(13)14)4-7(6)3-8/h1-3,9,12H,4-5H2,(H,13,14)/t9-/m0/s1. The maximum atomic E-state index is 10.8. The molecule has 74 valence electrons. The van der Waals surface area contributed by atoms with Crippen molar-refractivity contribution in [1.29, 1.82) is 0 Å². The number of aliphatic carboxylic acids is 1. The van der Waals surface area contributed by atoms with E-state index in [4.69, 9.17) is 16.7 Å². The van der Waals surface area contributed by atoms with Crippen LogP contribution in [0.25, 0.3) is 0 Å². The van der Waals surface area contributed by atoms with Crippen molar-refractivity contribution in [3.63, 3.8) is 0 Å². The van der Waals surface area contributed by atoms with Crippen molar-refractivity contribution in [2.24, 2.45) is 0 Å². The molecule has 1 aromatic carbocycles. The Morgan fingerprint density at radius 3 is 3.00 bits per heavy atom. The Labute approximate surface area is 86.7 Å². The van der Waals surface area contributed by atoms with Crippen LogP contribution in [0, 0.1) is 0 Å². The Bertz CT molecular complexity index is 378. The third kappa shape index (κ3) is 1.74. The largest absolute Gasteiger partial charge is 0.480 e. The minimum atomic E-state index is -0.810. The Morgan fingerprint density at radius 1 is 1.50 bits per heavy atom. The molecule has 0 amide bonds. The van der Waals surface area contributed by atoms with E-state index < -0.39 is 12.0 Å². The fourth-order valence-corrected chi connectivity index (χ4v) is 1.85. The van der Waals surface area contributed by atoms with Gasteiger partial charge < -0.3 is 10.4 Å². The van der Waals surface area contributed by atoms with Crippen molar-refractivity contribution in [2.45, 2.75) is 19.0 Å². The molecule has 0 spiro atoms. The third-order valence-corrected chi connectivity index (χ3v) is 2.66. The number of halogens is 1. The lowest BCUT2D eigenvalue weighted by atomic mass is 9.96. The van der Waals surface area contributed by atoms with Crippen LogP contribution in [0.5, 0.6) is 0 Å². The van der Waals surface area contributed by atoms with E-state index in [-0.39, 0.29) is 0 Å². The average molecular weight is 212 g/mol. The molecule has 0 saturated carbocycles. The molecule has 0 bridgehead atoms. The lowest BCUT2D eigenvalue weighted by molar-refractivity contribution is -0.139. The fourth-order valence-electron chi connectivity index (χ4n) is 1.66. The van der Waals surface area contributed by atoms with Crippen molar-refractivity contribution in [3.8, 4) is 0 Å². The zero-order chi connectivity index (χ0) is 10.1. The highest BCUT2D eigenvalue weighted by Gasteiger charge is 2.23. The maximum Gasteiger partial charge on any atom is 0.321 e. The van der Waals surface area contributed by atoms with Crippen LogP contribution >= 0.6 is 11.6 Å². The van der Waals surface area contributed by atoms with Crippen LogP contribution in [0.1, 0.15) is 11.1 Å². The number of benzene rings is 1. The van der Waals surface area contributed by atoms with Crippen molar-refractivity contribution in [2.75, 3.05) is 0 Å². The van der Waals surface area contributed by atoms with Crippen molar-refractivity contribution >= 4 is 17.6 Å². The molecule has 0 fully saturated rings. The van der Waals surface area contributed by atoms with E-state index >= 15 is 0 Å². The van der Waals surface area contributed by atoms with E-state index in [0.29, 0.717) is 18.0 Å². The van der Waals surface area contributed by atoms with E-state index in [9.17, 15) is 4.79 Å². The number of carbonyl (C=O) groups is 1. The fraction of sp³-hybridized carbons (Fsp3) is 0.300. The maximum absolute atomic E-state index is 10.8. The van der Waals surface area contributed by atoms with Crippen LogP contribution < -0.4 is 5.32 Å². The van der Waals surface area contributed by atoms with Crippen LogP contribution in [0.3, 0.4) is 0 Å². The summed E-state index contributed by atoms with van der Waals surface area (Å²) in [4.78, 5) is 10.8. The molecule has 14 heavy (non-hydrogen) atoms. The van der Waals surface area contributed by atoms with Gasteiger partial charge in [0.05, 0.1) is 0 Å². The van der Waals surface area contributed by atoms with Gasteiger partial charge in [0.25, 0.3) is 0 Å². The van der Waals surface area contributed by atoms with Crippen LogP contribution in [-0.4, -0.2) is 17.1 Å². The predicted molar refractivity (Wildman–Crippen MR) is 53.4 cm³/mol. The average Bonchev–Trinajstić information content (AvgIpc) is 2.16. The number of hydrogen-bond donors (Lipinski definition) is 2. The molecule has 0 unspecified atom stereocenters. The third-order valence-electron chi connectivity index (χ3n) is 2.43. The van der Waals surface area contributed by atoms with Gasteiger partial charge in [0.15, 0.2) is 0 Å². The molecule has 1 aliphatic rings. The number of rotatable bonds is 1. The van der Waals surface area contributed by atoms with Gasteiger partial charge in [-0.1, -0.05) is 17.7 Å². The molecule has 1 aromatic rings. The van der Waals surface area contributed by atoms with Crippen molar-refractivity contribution in [1.82, 2.24) is 5.32 Å². The van der Waals surface area contributed by atoms with Crippen molar-refractivity contribution < 1.29 is 9.90 Å². The Balaban J connectivity index is 2.29. The molecule has 4 heteroatoms. The molecule has 1 atom stereocenters. The van der Waals surface area contributed by atoms with Gasteiger partial charge in [0.2, 0.25) is 0 Å². The molecule has 0 radical (unpaired) electrons. The molecule has 1 aliphatic heterocycles. The molecule has 2 rings (SSSR count). The van der Waals surface area contributed by atoms with Crippen LogP contribution in [0.4, 0.5) is 0 Å². The quantitative estimate of drug-likeness (QED) is 0.739. The first-order valence-corrected chi connectivity index (χ1v) is 4.78. The highest BCUT2D eigenvalue weighted by molar-refractivity contribution is 6.30. The minimum absolute atomic E-state index is 0.485. The lowest BCUT2D eigenvalue weighted by Gasteiger charge is -2.23. The molecule has 0 aromatic heterocycles. The van der Waals surface area contributed by atoms with Gasteiger partial charge in [-0.25, -0.2) is 0 Å². The van der Waals surface area contributed by atoms with E-state index in [2.05, 4.69) is 5.32 Å². The number of nitrogens with one attached hydrogen (secondary N) is 1. The number of carboxylic acid groups (broad SMARTS) is 1. The second-order valence-corrected chi connectivity index (χ2v) is 3.83. The highest BCUT2D eigenvalue weighted by Crippen LogP contribution is 2.20. The molecule has 2 N–H and O–H groups in total. The van der Waals surface area contributed by atoms with E-state index in [0.717, 1.165) is 11.1 Å². The second-order valence-electron chi connectivity index (χ2n) is 3.39. The van der Waals surface area contributed by atoms with Gasteiger partial charge in [-0.3, -0.25) is 4.79 Å². The first-order valence-electron chi connectivity index (χ1n) is 4.40. The van der Waals surface area contributed by atoms with Crippen molar-refractivity contribution in [3.05, 3.63) is 34.3 Å². The van der Waals surface area contributed by atoms with Crippen LogP contribution in [0.2, 0.25) is 5.02 Å². The van der Waals surface area contributed by atoms with Gasteiger partial charge in [-0.15, -0.1) is 0 Å². The summed E-state index contributed by atoms with van der Waals surface area (Å²) in [5.41, 5.74) is 2.16. The Hall–Kier alpha value is -1.06. The number of fused-ring (bicyclic) bond motifs is 1. The zero-order valence-corrected chi connectivity index (χ0v) is 8.21. The number of hydrogen-bond acceptors (Lipinski definition) is 2. The second kappa shape index (κ2) is 3.59. The Morgan fingerprint density at radius 2 is 2.29 bits per heavy atom. The zero-order valence-electron chi connectivity index (χ0n) is 7.46. The summed E-state index contributed by atoms with van der Waals surface area (Å²) >= 11 is 5.84. The summed E-state index contributed by atoms with van der Waals surface area (Å²) < 4.78 is 0. The van der Waals surface area contributed by atoms with E-state index in [1.54, 1.807) is 0 Å². The molecule has 0 aliphatic carbocycles. The van der Waals surface area contributed by atoms with Crippen LogP contribution in [0.15, 0.2) is 18.2 Å². The van der Waals surface area contributed by atoms with Gasteiger partial charge in [-0.2, -0.15) is 0 Å². The van der Waals surface area contributed by atoms with Gasteiger partial charge in [0, 0.05) is 11.6 Å². The summed E-state index contributed by atoms with van der Waals surface area (Å²) in [5, 5.41) is 12.5. The monoisotopic (exact) mass is 211 g/mol. The Kier molecular flexibility index (Phi) is 2.44. The first kappa shape index (κ1) is 9.49.